The van der Waals surface area contributed by atoms with Gasteiger partial charge in [0.15, 0.2) is 0 Å². The first-order valence-electron chi connectivity index (χ1n) is 7.31. The Labute approximate surface area is 126 Å². The lowest BCUT2D eigenvalue weighted by Gasteiger charge is -2.06. The summed E-state index contributed by atoms with van der Waals surface area (Å²) in [6.45, 7) is 4.37. The van der Waals surface area contributed by atoms with Crippen LogP contribution in [0.25, 0.3) is 0 Å². The molecule has 0 amide bonds. The molecule has 0 saturated heterocycles. The Hall–Kier alpha value is -1.41. The molecule has 0 aromatic heterocycles. The van der Waals surface area contributed by atoms with Gasteiger partial charge in [-0.3, -0.25) is 0 Å². The van der Waals surface area contributed by atoms with Crippen LogP contribution in [0.5, 0.6) is 0 Å². The van der Waals surface area contributed by atoms with Crippen molar-refractivity contribution in [1.29, 1.82) is 0 Å². The lowest BCUT2D eigenvalue weighted by atomic mass is 10.1. The minimum atomic E-state index is -0.355. The number of halogens is 1. The van der Waals surface area contributed by atoms with E-state index in [2.05, 4.69) is 18.8 Å². The summed E-state index contributed by atoms with van der Waals surface area (Å²) < 4.78 is 24.4. The summed E-state index contributed by atoms with van der Waals surface area (Å²) in [5.41, 5.74) is 1.21. The van der Waals surface area contributed by atoms with E-state index in [4.69, 9.17) is 14.6 Å². The zero-order valence-corrected chi connectivity index (χ0v) is 12.5. The van der Waals surface area contributed by atoms with Gasteiger partial charge in [0, 0.05) is 13.0 Å². The SMILES string of the molecule is CCCCOCCOCc1ccc(F)c(C#CCCO)c1. The molecule has 0 fully saturated rings. The molecule has 21 heavy (non-hydrogen) atoms. The molecule has 0 unspecified atom stereocenters. The van der Waals surface area contributed by atoms with Crippen molar-refractivity contribution in [2.45, 2.75) is 32.8 Å². The van der Waals surface area contributed by atoms with Gasteiger partial charge in [-0.05, 0) is 24.1 Å². The van der Waals surface area contributed by atoms with Crippen molar-refractivity contribution < 1.29 is 19.0 Å². The largest absolute Gasteiger partial charge is 0.395 e. The third-order valence-corrected chi connectivity index (χ3v) is 2.77. The number of unbranched alkanes of at least 4 members (excludes halogenated alkanes) is 1. The summed E-state index contributed by atoms with van der Waals surface area (Å²) in [6.07, 6.45) is 2.53. The highest BCUT2D eigenvalue weighted by atomic mass is 19.1. The van der Waals surface area contributed by atoms with Crippen molar-refractivity contribution in [1.82, 2.24) is 0 Å². The predicted molar refractivity (Wildman–Crippen MR) is 80.4 cm³/mol. The second-order valence-corrected chi connectivity index (χ2v) is 4.61. The second-order valence-electron chi connectivity index (χ2n) is 4.61. The molecule has 1 rings (SSSR count). The summed E-state index contributed by atoms with van der Waals surface area (Å²) in [7, 11) is 0. The van der Waals surface area contributed by atoms with Crippen LogP contribution in [0.1, 0.15) is 37.3 Å². The molecule has 116 valence electrons. The summed E-state index contributed by atoms with van der Waals surface area (Å²) in [5.74, 6) is 5.07. The lowest BCUT2D eigenvalue weighted by molar-refractivity contribution is 0.0396. The van der Waals surface area contributed by atoms with Crippen LogP contribution >= 0.6 is 0 Å². The van der Waals surface area contributed by atoms with E-state index in [9.17, 15) is 4.39 Å². The summed E-state index contributed by atoms with van der Waals surface area (Å²) in [6, 6.07) is 4.75. The Morgan fingerprint density at radius 1 is 1.19 bits per heavy atom. The van der Waals surface area contributed by atoms with E-state index in [0.29, 0.717) is 31.8 Å². The lowest BCUT2D eigenvalue weighted by Crippen LogP contribution is -2.05. The van der Waals surface area contributed by atoms with Gasteiger partial charge in [-0.25, -0.2) is 4.39 Å². The Morgan fingerprint density at radius 2 is 2.00 bits per heavy atom. The fourth-order valence-corrected chi connectivity index (χ4v) is 1.63. The van der Waals surface area contributed by atoms with Gasteiger partial charge in [0.05, 0.1) is 32.0 Å². The summed E-state index contributed by atoms with van der Waals surface area (Å²) in [4.78, 5) is 0. The topological polar surface area (TPSA) is 38.7 Å². The number of ether oxygens (including phenoxy) is 2. The Bertz CT molecular complexity index is 463. The number of aliphatic hydroxyl groups excluding tert-OH is 1. The zero-order valence-electron chi connectivity index (χ0n) is 12.5. The van der Waals surface area contributed by atoms with Crippen molar-refractivity contribution in [3.8, 4) is 11.8 Å². The van der Waals surface area contributed by atoms with Crippen LogP contribution in [0.3, 0.4) is 0 Å². The van der Waals surface area contributed by atoms with Crippen LogP contribution in [0.2, 0.25) is 0 Å². The molecule has 0 aliphatic rings. The van der Waals surface area contributed by atoms with E-state index in [1.807, 2.05) is 0 Å². The van der Waals surface area contributed by atoms with E-state index >= 15 is 0 Å². The summed E-state index contributed by atoms with van der Waals surface area (Å²) in [5, 5.41) is 8.66. The molecular weight excluding hydrogens is 271 g/mol. The minimum absolute atomic E-state index is 0.0184. The van der Waals surface area contributed by atoms with Gasteiger partial charge in [-0.15, -0.1) is 0 Å². The quantitative estimate of drug-likeness (QED) is 0.562. The maximum absolute atomic E-state index is 13.5. The second kappa shape index (κ2) is 11.3. The number of hydrogen-bond acceptors (Lipinski definition) is 3. The Morgan fingerprint density at radius 3 is 2.76 bits per heavy atom. The standard InChI is InChI=1S/C17H23FO3/c1-2-3-10-20-11-12-21-14-15-7-8-17(18)16(13-15)6-4-5-9-19/h7-8,13,19H,2-3,5,9-12,14H2,1H3. The molecule has 0 bridgehead atoms. The minimum Gasteiger partial charge on any atom is -0.395 e. The number of benzene rings is 1. The van der Waals surface area contributed by atoms with E-state index in [-0.39, 0.29) is 12.4 Å². The van der Waals surface area contributed by atoms with Gasteiger partial charge < -0.3 is 14.6 Å². The molecule has 0 aliphatic heterocycles. The third kappa shape index (κ3) is 7.81. The van der Waals surface area contributed by atoms with Gasteiger partial charge in [0.25, 0.3) is 0 Å². The van der Waals surface area contributed by atoms with E-state index in [1.54, 1.807) is 12.1 Å². The average Bonchev–Trinajstić information content (AvgIpc) is 2.49. The van der Waals surface area contributed by atoms with Crippen LogP contribution < -0.4 is 0 Å². The number of hydrogen-bond donors (Lipinski definition) is 1. The first kappa shape index (κ1) is 17.6. The van der Waals surface area contributed by atoms with E-state index in [1.165, 1.54) is 6.07 Å². The van der Waals surface area contributed by atoms with Crippen LogP contribution in [-0.4, -0.2) is 31.5 Å². The third-order valence-electron chi connectivity index (χ3n) is 2.77. The zero-order chi connectivity index (χ0) is 15.3. The van der Waals surface area contributed by atoms with Crippen molar-refractivity contribution in [2.24, 2.45) is 0 Å². The molecule has 1 aromatic carbocycles. The Kier molecular flexibility index (Phi) is 9.47. The fraction of sp³-hybridized carbons (Fsp3) is 0.529. The van der Waals surface area contributed by atoms with E-state index in [0.717, 1.165) is 25.0 Å². The highest BCUT2D eigenvalue weighted by molar-refractivity contribution is 5.38. The van der Waals surface area contributed by atoms with Crippen LogP contribution in [-0.2, 0) is 16.1 Å². The van der Waals surface area contributed by atoms with Crippen LogP contribution in [0.4, 0.5) is 4.39 Å². The first-order chi connectivity index (χ1) is 10.3. The predicted octanol–water partition coefficient (Wildman–Crippen LogP) is 2.89. The maximum atomic E-state index is 13.5. The molecule has 0 saturated carbocycles. The maximum Gasteiger partial charge on any atom is 0.138 e. The molecule has 3 nitrogen and oxygen atoms in total. The van der Waals surface area contributed by atoms with Crippen LogP contribution in [0, 0.1) is 17.7 Å². The van der Waals surface area contributed by atoms with Crippen molar-refractivity contribution >= 4 is 0 Å². The normalized spacial score (nSPS) is 10.2. The Balaban J connectivity index is 2.35. The average molecular weight is 294 g/mol. The molecule has 1 aromatic rings. The molecule has 4 heteroatoms. The number of rotatable bonds is 9. The van der Waals surface area contributed by atoms with Crippen LogP contribution in [0.15, 0.2) is 18.2 Å². The molecule has 1 N–H and O–H groups in total. The summed E-state index contributed by atoms with van der Waals surface area (Å²) >= 11 is 0. The molecular formula is C17H23FO3. The van der Waals surface area contributed by atoms with Gasteiger partial charge in [0.2, 0.25) is 0 Å². The van der Waals surface area contributed by atoms with Crippen molar-refractivity contribution in [2.75, 3.05) is 26.4 Å². The monoisotopic (exact) mass is 294 g/mol. The fourth-order valence-electron chi connectivity index (χ4n) is 1.63. The highest BCUT2D eigenvalue weighted by Crippen LogP contribution is 2.10. The molecule has 0 aliphatic carbocycles. The van der Waals surface area contributed by atoms with Crippen molar-refractivity contribution in [3.05, 3.63) is 35.1 Å². The molecule has 0 atom stereocenters. The molecule has 0 spiro atoms. The van der Waals surface area contributed by atoms with Gasteiger partial charge in [-0.1, -0.05) is 31.3 Å². The number of aliphatic hydroxyl groups is 1. The highest BCUT2D eigenvalue weighted by Gasteiger charge is 2.01. The van der Waals surface area contributed by atoms with E-state index < -0.39 is 0 Å². The molecule has 0 radical (unpaired) electrons. The van der Waals surface area contributed by atoms with Gasteiger partial charge in [-0.2, -0.15) is 0 Å². The van der Waals surface area contributed by atoms with Gasteiger partial charge in [0.1, 0.15) is 5.82 Å². The van der Waals surface area contributed by atoms with Crippen molar-refractivity contribution in [3.63, 3.8) is 0 Å². The first-order valence-corrected chi connectivity index (χ1v) is 7.31. The van der Waals surface area contributed by atoms with Gasteiger partial charge >= 0.3 is 0 Å². The smallest absolute Gasteiger partial charge is 0.138 e. The molecule has 0 heterocycles.